The van der Waals surface area contributed by atoms with Gasteiger partial charge in [-0.05, 0) is 32.2 Å². The molecule has 3 heteroatoms. The SMILES string of the molecule is CCc1nc(C(CC(C)(C)C)NC)sc1C. The maximum absolute atomic E-state index is 4.74. The molecule has 1 N–H and O–H groups in total. The van der Waals surface area contributed by atoms with Crippen molar-refractivity contribution in [3.05, 3.63) is 15.6 Å². The molecule has 0 aliphatic carbocycles. The van der Waals surface area contributed by atoms with E-state index in [4.69, 9.17) is 4.98 Å². The minimum Gasteiger partial charge on any atom is -0.311 e. The van der Waals surface area contributed by atoms with Gasteiger partial charge in [-0.15, -0.1) is 11.3 Å². The number of rotatable bonds is 4. The summed E-state index contributed by atoms with van der Waals surface area (Å²) >= 11 is 1.84. The summed E-state index contributed by atoms with van der Waals surface area (Å²) in [6.07, 6.45) is 2.16. The van der Waals surface area contributed by atoms with Gasteiger partial charge in [0.2, 0.25) is 0 Å². The minimum atomic E-state index is 0.333. The maximum Gasteiger partial charge on any atom is 0.110 e. The first-order valence-electron chi connectivity index (χ1n) is 6.01. The summed E-state index contributed by atoms with van der Waals surface area (Å²) in [5.41, 5.74) is 1.59. The van der Waals surface area contributed by atoms with Gasteiger partial charge in [-0.2, -0.15) is 0 Å². The van der Waals surface area contributed by atoms with E-state index in [0.717, 1.165) is 12.8 Å². The van der Waals surface area contributed by atoms with Gasteiger partial charge in [-0.3, -0.25) is 0 Å². The largest absolute Gasteiger partial charge is 0.311 e. The van der Waals surface area contributed by atoms with Crippen LogP contribution in [0.3, 0.4) is 0 Å². The van der Waals surface area contributed by atoms with Crippen molar-refractivity contribution >= 4 is 11.3 Å². The number of aromatic nitrogens is 1. The molecule has 16 heavy (non-hydrogen) atoms. The highest BCUT2D eigenvalue weighted by molar-refractivity contribution is 7.11. The number of hydrogen-bond acceptors (Lipinski definition) is 3. The molecular formula is C13H24N2S. The van der Waals surface area contributed by atoms with Crippen LogP contribution in [0.15, 0.2) is 0 Å². The standard InChI is InChI=1S/C13H24N2S/c1-7-10-9(2)16-12(15-10)11(14-6)8-13(3,4)5/h11,14H,7-8H2,1-6H3. The van der Waals surface area contributed by atoms with Crippen molar-refractivity contribution < 1.29 is 0 Å². The third-order valence-electron chi connectivity index (χ3n) is 2.71. The van der Waals surface area contributed by atoms with Gasteiger partial charge in [-0.1, -0.05) is 27.7 Å². The quantitative estimate of drug-likeness (QED) is 0.868. The number of nitrogens with zero attached hydrogens (tertiary/aromatic N) is 1. The summed E-state index contributed by atoms with van der Waals surface area (Å²) in [5, 5.41) is 4.63. The Morgan fingerprint density at radius 1 is 1.38 bits per heavy atom. The molecule has 0 saturated heterocycles. The van der Waals surface area contributed by atoms with Crippen molar-refractivity contribution in [2.75, 3.05) is 7.05 Å². The van der Waals surface area contributed by atoms with Crippen LogP contribution in [-0.4, -0.2) is 12.0 Å². The topological polar surface area (TPSA) is 24.9 Å². The smallest absolute Gasteiger partial charge is 0.110 e. The zero-order valence-corrected chi connectivity index (χ0v) is 12.2. The summed E-state index contributed by atoms with van der Waals surface area (Å²) in [7, 11) is 2.03. The zero-order valence-electron chi connectivity index (χ0n) is 11.3. The van der Waals surface area contributed by atoms with Gasteiger partial charge in [0.05, 0.1) is 11.7 Å². The highest BCUT2D eigenvalue weighted by Gasteiger charge is 2.22. The maximum atomic E-state index is 4.74. The molecule has 0 fully saturated rings. The predicted molar refractivity (Wildman–Crippen MR) is 72.1 cm³/mol. The van der Waals surface area contributed by atoms with Crippen LogP contribution >= 0.6 is 11.3 Å². The van der Waals surface area contributed by atoms with Gasteiger partial charge in [0.25, 0.3) is 0 Å². The second kappa shape index (κ2) is 5.28. The first-order chi connectivity index (χ1) is 7.37. The second-order valence-electron chi connectivity index (χ2n) is 5.51. The van der Waals surface area contributed by atoms with E-state index in [0.29, 0.717) is 11.5 Å². The molecular weight excluding hydrogens is 216 g/mol. The molecule has 0 amide bonds. The van der Waals surface area contributed by atoms with Gasteiger partial charge in [-0.25, -0.2) is 4.98 Å². The van der Waals surface area contributed by atoms with Crippen molar-refractivity contribution in [3.63, 3.8) is 0 Å². The van der Waals surface area contributed by atoms with E-state index in [1.807, 2.05) is 18.4 Å². The number of aryl methyl sites for hydroxylation is 2. The number of thiazole rings is 1. The van der Waals surface area contributed by atoms with E-state index in [1.165, 1.54) is 15.6 Å². The van der Waals surface area contributed by atoms with Crippen LogP contribution in [0.25, 0.3) is 0 Å². The van der Waals surface area contributed by atoms with E-state index >= 15 is 0 Å². The van der Waals surface area contributed by atoms with E-state index in [1.54, 1.807) is 0 Å². The third-order valence-corrected chi connectivity index (χ3v) is 3.83. The molecule has 0 aliphatic rings. The monoisotopic (exact) mass is 240 g/mol. The summed E-state index contributed by atoms with van der Waals surface area (Å²) in [5.74, 6) is 0. The Labute approximate surface area is 103 Å². The summed E-state index contributed by atoms with van der Waals surface area (Å²) < 4.78 is 0. The normalized spacial score (nSPS) is 14.1. The van der Waals surface area contributed by atoms with Crippen molar-refractivity contribution in [1.29, 1.82) is 0 Å². The Bertz CT molecular complexity index is 336. The fraction of sp³-hybridized carbons (Fsp3) is 0.769. The van der Waals surface area contributed by atoms with E-state index in [9.17, 15) is 0 Å². The summed E-state index contributed by atoms with van der Waals surface area (Å²) in [6, 6.07) is 0.393. The molecule has 0 spiro atoms. The lowest BCUT2D eigenvalue weighted by atomic mass is 9.88. The summed E-state index contributed by atoms with van der Waals surface area (Å²) in [6.45, 7) is 11.2. The lowest BCUT2D eigenvalue weighted by Gasteiger charge is -2.24. The molecule has 92 valence electrons. The first-order valence-corrected chi connectivity index (χ1v) is 6.82. The second-order valence-corrected chi connectivity index (χ2v) is 6.75. The zero-order chi connectivity index (χ0) is 12.3. The van der Waals surface area contributed by atoms with Gasteiger partial charge < -0.3 is 5.32 Å². The van der Waals surface area contributed by atoms with Crippen molar-refractivity contribution in [3.8, 4) is 0 Å². The van der Waals surface area contributed by atoms with Crippen molar-refractivity contribution in [1.82, 2.24) is 10.3 Å². The number of hydrogen-bond donors (Lipinski definition) is 1. The Hall–Kier alpha value is -0.410. The van der Waals surface area contributed by atoms with Crippen LogP contribution < -0.4 is 5.32 Å². The van der Waals surface area contributed by atoms with Gasteiger partial charge in [0, 0.05) is 4.88 Å². The Kier molecular flexibility index (Phi) is 4.51. The fourth-order valence-corrected chi connectivity index (χ4v) is 2.97. The summed E-state index contributed by atoms with van der Waals surface area (Å²) in [4.78, 5) is 6.11. The van der Waals surface area contributed by atoms with Crippen LogP contribution in [0, 0.1) is 12.3 Å². The molecule has 1 atom stereocenters. The van der Waals surface area contributed by atoms with Crippen molar-refractivity contribution in [2.45, 2.75) is 53.5 Å². The third kappa shape index (κ3) is 3.56. The lowest BCUT2D eigenvalue weighted by molar-refractivity contribution is 0.320. The molecule has 0 radical (unpaired) electrons. The van der Waals surface area contributed by atoms with Gasteiger partial charge in [0.15, 0.2) is 0 Å². The Morgan fingerprint density at radius 3 is 2.38 bits per heavy atom. The van der Waals surface area contributed by atoms with Crippen molar-refractivity contribution in [2.24, 2.45) is 5.41 Å². The molecule has 1 unspecified atom stereocenters. The molecule has 2 nitrogen and oxygen atoms in total. The molecule has 0 saturated carbocycles. The molecule has 1 heterocycles. The molecule has 1 aromatic heterocycles. The Balaban J connectivity index is 2.87. The van der Waals surface area contributed by atoms with E-state index < -0.39 is 0 Å². The first kappa shape index (κ1) is 13.7. The molecule has 0 aromatic carbocycles. The predicted octanol–water partition coefficient (Wildman–Crippen LogP) is 3.71. The average Bonchev–Trinajstić information content (AvgIpc) is 2.54. The highest BCUT2D eigenvalue weighted by atomic mass is 32.1. The van der Waals surface area contributed by atoms with Gasteiger partial charge >= 0.3 is 0 Å². The lowest BCUT2D eigenvalue weighted by Crippen LogP contribution is -2.22. The minimum absolute atomic E-state index is 0.333. The van der Waals surface area contributed by atoms with Gasteiger partial charge in [0.1, 0.15) is 5.01 Å². The average molecular weight is 240 g/mol. The van der Waals surface area contributed by atoms with E-state index in [2.05, 4.69) is 39.9 Å². The molecule has 0 aliphatic heterocycles. The molecule has 1 aromatic rings. The molecule has 0 bridgehead atoms. The highest BCUT2D eigenvalue weighted by Crippen LogP contribution is 2.32. The Morgan fingerprint density at radius 2 is 2.00 bits per heavy atom. The number of nitrogens with one attached hydrogen (secondary N) is 1. The molecule has 1 rings (SSSR count). The van der Waals surface area contributed by atoms with Crippen LogP contribution in [0.4, 0.5) is 0 Å². The van der Waals surface area contributed by atoms with Crippen LogP contribution in [0.5, 0.6) is 0 Å². The van der Waals surface area contributed by atoms with Crippen LogP contribution in [0.2, 0.25) is 0 Å². The fourth-order valence-electron chi connectivity index (χ4n) is 1.85. The van der Waals surface area contributed by atoms with Crippen LogP contribution in [-0.2, 0) is 6.42 Å². The van der Waals surface area contributed by atoms with E-state index in [-0.39, 0.29) is 0 Å². The van der Waals surface area contributed by atoms with Crippen LogP contribution in [0.1, 0.15) is 55.7 Å².